The topological polar surface area (TPSA) is 12.0 Å². The Morgan fingerprint density at radius 2 is 1.89 bits per heavy atom. The molecule has 1 saturated carbocycles. The zero-order chi connectivity index (χ0) is 13.9. The molecule has 1 fully saturated rings. The van der Waals surface area contributed by atoms with Crippen LogP contribution >= 0.6 is 11.8 Å². The van der Waals surface area contributed by atoms with E-state index in [9.17, 15) is 0 Å². The summed E-state index contributed by atoms with van der Waals surface area (Å²) in [4.78, 5) is 0. The van der Waals surface area contributed by atoms with Crippen molar-refractivity contribution in [3.05, 3.63) is 0 Å². The lowest BCUT2D eigenvalue weighted by molar-refractivity contribution is 0.252. The summed E-state index contributed by atoms with van der Waals surface area (Å²) in [7, 11) is 0. The quantitative estimate of drug-likeness (QED) is 0.560. The maximum absolute atomic E-state index is 3.81. The lowest BCUT2D eigenvalue weighted by atomic mass is 9.81. The van der Waals surface area contributed by atoms with Crippen LogP contribution in [0.1, 0.15) is 71.6 Å². The molecule has 0 aromatic carbocycles. The molecule has 0 spiro atoms. The molecule has 0 bridgehead atoms. The van der Waals surface area contributed by atoms with E-state index in [-0.39, 0.29) is 0 Å². The van der Waals surface area contributed by atoms with Crippen molar-refractivity contribution in [1.29, 1.82) is 0 Å². The molecule has 2 atom stereocenters. The molecule has 19 heavy (non-hydrogen) atoms. The Hall–Kier alpha value is 0.310. The predicted octanol–water partition coefficient (Wildman–Crippen LogP) is 5.10. The maximum atomic E-state index is 3.81. The number of nitrogens with one attached hydrogen (secondary N) is 1. The number of hydrogen-bond acceptors (Lipinski definition) is 2. The molecule has 2 heteroatoms. The van der Waals surface area contributed by atoms with Crippen LogP contribution in [0.2, 0.25) is 0 Å². The highest BCUT2D eigenvalue weighted by molar-refractivity contribution is 7.98. The third-order valence-corrected chi connectivity index (χ3v) is 4.99. The average Bonchev–Trinajstić information content (AvgIpc) is 2.37. The first kappa shape index (κ1) is 17.4. The molecule has 2 unspecified atom stereocenters. The second-order valence-corrected chi connectivity index (χ2v) is 7.71. The summed E-state index contributed by atoms with van der Waals surface area (Å²) in [5, 5.41) is 3.81. The van der Waals surface area contributed by atoms with Crippen LogP contribution in [0.5, 0.6) is 0 Å². The zero-order valence-corrected chi connectivity index (χ0v) is 14.2. The fourth-order valence-corrected chi connectivity index (χ4v) is 3.88. The van der Waals surface area contributed by atoms with Crippen molar-refractivity contribution in [2.24, 2.45) is 11.8 Å². The van der Waals surface area contributed by atoms with Crippen LogP contribution in [0.3, 0.4) is 0 Å². The smallest absolute Gasteiger partial charge is 0.00697 e. The average molecular weight is 286 g/mol. The van der Waals surface area contributed by atoms with Crippen molar-refractivity contribution in [3.63, 3.8) is 0 Å². The fourth-order valence-electron chi connectivity index (χ4n) is 3.39. The number of rotatable bonds is 10. The monoisotopic (exact) mass is 285 g/mol. The van der Waals surface area contributed by atoms with E-state index < -0.39 is 0 Å². The zero-order valence-electron chi connectivity index (χ0n) is 13.4. The van der Waals surface area contributed by atoms with Gasteiger partial charge in [0.2, 0.25) is 0 Å². The Bertz CT molecular complexity index is 205. The van der Waals surface area contributed by atoms with Gasteiger partial charge in [-0.15, -0.1) is 0 Å². The van der Waals surface area contributed by atoms with Crippen LogP contribution in [0.25, 0.3) is 0 Å². The summed E-state index contributed by atoms with van der Waals surface area (Å²) in [6, 6.07) is 0.823. The Morgan fingerprint density at radius 1 is 1.11 bits per heavy atom. The van der Waals surface area contributed by atoms with E-state index in [0.29, 0.717) is 0 Å². The lowest BCUT2D eigenvalue weighted by Crippen LogP contribution is -2.35. The van der Waals surface area contributed by atoms with Crippen molar-refractivity contribution in [1.82, 2.24) is 5.32 Å². The molecule has 0 aliphatic heterocycles. The first-order valence-electron chi connectivity index (χ1n) is 8.44. The van der Waals surface area contributed by atoms with Gasteiger partial charge in [0.1, 0.15) is 0 Å². The van der Waals surface area contributed by atoms with Crippen molar-refractivity contribution in [2.45, 2.75) is 77.7 Å². The summed E-state index contributed by atoms with van der Waals surface area (Å²) in [6.45, 7) is 5.98. The number of hydrogen-bond donors (Lipinski definition) is 1. The number of unbranched alkanes of at least 4 members (excludes halogenated alkanes) is 3. The van der Waals surface area contributed by atoms with E-state index in [1.165, 1.54) is 70.1 Å². The van der Waals surface area contributed by atoms with Crippen LogP contribution in [0.15, 0.2) is 0 Å². The SMILES string of the molecule is CSCCCCCCNC1CCCC(CC(C)C)C1. The Balaban J connectivity index is 1.99. The van der Waals surface area contributed by atoms with Gasteiger partial charge in [0, 0.05) is 6.04 Å². The van der Waals surface area contributed by atoms with Gasteiger partial charge in [-0.25, -0.2) is 0 Å². The van der Waals surface area contributed by atoms with Crippen molar-refractivity contribution >= 4 is 11.8 Å². The second kappa shape index (κ2) is 11.0. The Labute approximate surface area is 125 Å². The lowest BCUT2D eigenvalue weighted by Gasteiger charge is -2.31. The minimum Gasteiger partial charge on any atom is -0.314 e. The highest BCUT2D eigenvalue weighted by Gasteiger charge is 2.21. The summed E-state index contributed by atoms with van der Waals surface area (Å²) in [5.74, 6) is 3.21. The molecule has 1 N–H and O–H groups in total. The molecule has 1 aliphatic rings. The van der Waals surface area contributed by atoms with Crippen LogP contribution in [-0.4, -0.2) is 24.6 Å². The second-order valence-electron chi connectivity index (χ2n) is 6.72. The van der Waals surface area contributed by atoms with E-state index in [1.807, 2.05) is 11.8 Å². The van der Waals surface area contributed by atoms with Gasteiger partial charge < -0.3 is 5.32 Å². The Morgan fingerprint density at radius 3 is 2.63 bits per heavy atom. The molecule has 1 nitrogen and oxygen atoms in total. The molecule has 1 aliphatic carbocycles. The minimum absolute atomic E-state index is 0.823. The molecule has 0 heterocycles. The summed E-state index contributed by atoms with van der Waals surface area (Å²) in [6.07, 6.45) is 15.0. The maximum Gasteiger partial charge on any atom is 0.00697 e. The molecule has 0 aromatic rings. The normalized spacial score (nSPS) is 24.0. The van der Waals surface area contributed by atoms with E-state index in [4.69, 9.17) is 0 Å². The summed E-state index contributed by atoms with van der Waals surface area (Å²) >= 11 is 1.98. The largest absolute Gasteiger partial charge is 0.314 e. The van der Waals surface area contributed by atoms with E-state index >= 15 is 0 Å². The third-order valence-electron chi connectivity index (χ3n) is 4.30. The van der Waals surface area contributed by atoms with Crippen LogP contribution in [-0.2, 0) is 0 Å². The van der Waals surface area contributed by atoms with E-state index in [2.05, 4.69) is 25.4 Å². The number of thioether (sulfide) groups is 1. The van der Waals surface area contributed by atoms with Gasteiger partial charge in [-0.3, -0.25) is 0 Å². The van der Waals surface area contributed by atoms with Gasteiger partial charge in [-0.05, 0) is 62.5 Å². The van der Waals surface area contributed by atoms with Gasteiger partial charge in [0.05, 0.1) is 0 Å². The molecule has 1 rings (SSSR count). The molecule has 0 amide bonds. The molecular formula is C17H35NS. The first-order chi connectivity index (χ1) is 9.22. The van der Waals surface area contributed by atoms with Crippen molar-refractivity contribution in [3.8, 4) is 0 Å². The standard InChI is InChI=1S/C17H35NS/c1-15(2)13-16-9-8-10-17(14-16)18-11-6-4-5-7-12-19-3/h15-18H,4-14H2,1-3H3. The van der Waals surface area contributed by atoms with Crippen LogP contribution in [0.4, 0.5) is 0 Å². The molecule has 0 radical (unpaired) electrons. The van der Waals surface area contributed by atoms with Gasteiger partial charge in [0.15, 0.2) is 0 Å². The van der Waals surface area contributed by atoms with E-state index in [1.54, 1.807) is 0 Å². The van der Waals surface area contributed by atoms with Gasteiger partial charge in [-0.2, -0.15) is 11.8 Å². The Kier molecular flexibility index (Phi) is 10.1. The molecular weight excluding hydrogens is 250 g/mol. The molecule has 0 aromatic heterocycles. The highest BCUT2D eigenvalue weighted by atomic mass is 32.2. The van der Waals surface area contributed by atoms with Crippen molar-refractivity contribution < 1.29 is 0 Å². The predicted molar refractivity (Wildman–Crippen MR) is 90.1 cm³/mol. The summed E-state index contributed by atoms with van der Waals surface area (Å²) in [5.41, 5.74) is 0. The first-order valence-corrected chi connectivity index (χ1v) is 9.84. The highest BCUT2D eigenvalue weighted by Crippen LogP contribution is 2.29. The van der Waals surface area contributed by atoms with Crippen LogP contribution < -0.4 is 5.32 Å². The summed E-state index contributed by atoms with van der Waals surface area (Å²) < 4.78 is 0. The molecule has 114 valence electrons. The van der Waals surface area contributed by atoms with E-state index in [0.717, 1.165) is 17.9 Å². The van der Waals surface area contributed by atoms with Crippen LogP contribution in [0, 0.1) is 11.8 Å². The molecule has 0 saturated heterocycles. The fraction of sp³-hybridized carbons (Fsp3) is 1.00. The van der Waals surface area contributed by atoms with Gasteiger partial charge in [-0.1, -0.05) is 39.5 Å². The van der Waals surface area contributed by atoms with Gasteiger partial charge >= 0.3 is 0 Å². The minimum atomic E-state index is 0.823. The van der Waals surface area contributed by atoms with Gasteiger partial charge in [0.25, 0.3) is 0 Å². The van der Waals surface area contributed by atoms with Crippen molar-refractivity contribution in [2.75, 3.05) is 18.6 Å². The third kappa shape index (κ3) is 8.96.